The van der Waals surface area contributed by atoms with Gasteiger partial charge in [-0.3, -0.25) is 0 Å². The van der Waals surface area contributed by atoms with Crippen LogP contribution in [0.5, 0.6) is 0 Å². The maximum absolute atomic E-state index is 10.7. The molecule has 104 valence electrons. The molecule has 3 rings (SSSR count). The molecule has 0 radical (unpaired) electrons. The molecule has 0 saturated heterocycles. The van der Waals surface area contributed by atoms with Gasteiger partial charge >= 0.3 is 5.97 Å². The van der Waals surface area contributed by atoms with Crippen LogP contribution in [0.2, 0.25) is 0 Å². The van der Waals surface area contributed by atoms with Crippen molar-refractivity contribution in [2.24, 2.45) is 0 Å². The van der Waals surface area contributed by atoms with Crippen LogP contribution in [-0.4, -0.2) is 41.3 Å². The SMILES string of the molecule is O=C(O)c1cnc(Sc2nnnn2C2CCCC2)cn1. The number of aromatic carboxylic acids is 1. The number of nitrogens with zero attached hydrogens (tertiary/aromatic N) is 6. The van der Waals surface area contributed by atoms with Crippen LogP contribution in [-0.2, 0) is 0 Å². The Morgan fingerprint density at radius 2 is 2.10 bits per heavy atom. The third kappa shape index (κ3) is 2.62. The monoisotopic (exact) mass is 292 g/mol. The first kappa shape index (κ1) is 13.0. The van der Waals surface area contributed by atoms with Gasteiger partial charge in [-0.05, 0) is 35.0 Å². The number of hydrogen-bond acceptors (Lipinski definition) is 7. The minimum absolute atomic E-state index is 0.0789. The maximum atomic E-state index is 10.7. The summed E-state index contributed by atoms with van der Waals surface area (Å²) < 4.78 is 1.82. The Morgan fingerprint density at radius 1 is 1.30 bits per heavy atom. The first-order chi connectivity index (χ1) is 9.74. The molecule has 0 aliphatic heterocycles. The van der Waals surface area contributed by atoms with Crippen molar-refractivity contribution < 1.29 is 9.90 Å². The lowest BCUT2D eigenvalue weighted by atomic mass is 10.3. The van der Waals surface area contributed by atoms with Crippen molar-refractivity contribution in [3.05, 3.63) is 18.1 Å². The van der Waals surface area contributed by atoms with E-state index in [1.54, 1.807) is 0 Å². The van der Waals surface area contributed by atoms with Gasteiger partial charge in [0.05, 0.1) is 18.4 Å². The van der Waals surface area contributed by atoms with E-state index in [9.17, 15) is 4.79 Å². The summed E-state index contributed by atoms with van der Waals surface area (Å²) in [6, 6.07) is 0.346. The van der Waals surface area contributed by atoms with E-state index >= 15 is 0 Å². The first-order valence-corrected chi connectivity index (χ1v) is 7.07. The van der Waals surface area contributed by atoms with Gasteiger partial charge in [-0.15, -0.1) is 5.10 Å². The van der Waals surface area contributed by atoms with Gasteiger partial charge in [0.15, 0.2) is 5.69 Å². The molecule has 1 N–H and O–H groups in total. The van der Waals surface area contributed by atoms with Crippen LogP contribution in [0.1, 0.15) is 42.2 Å². The fourth-order valence-corrected chi connectivity index (χ4v) is 2.96. The summed E-state index contributed by atoms with van der Waals surface area (Å²) in [7, 11) is 0. The highest BCUT2D eigenvalue weighted by molar-refractivity contribution is 7.99. The van der Waals surface area contributed by atoms with E-state index in [0.29, 0.717) is 16.2 Å². The lowest BCUT2D eigenvalue weighted by molar-refractivity contribution is 0.0689. The van der Waals surface area contributed by atoms with Crippen LogP contribution in [0.4, 0.5) is 0 Å². The minimum Gasteiger partial charge on any atom is -0.476 e. The van der Waals surface area contributed by atoms with Crippen molar-refractivity contribution in [2.75, 3.05) is 0 Å². The van der Waals surface area contributed by atoms with Crippen LogP contribution in [0, 0.1) is 0 Å². The molecule has 20 heavy (non-hydrogen) atoms. The standard InChI is InChI=1S/C11H12N6O2S/c18-10(19)8-5-13-9(6-12-8)20-11-14-15-16-17(11)7-3-1-2-4-7/h5-7H,1-4H2,(H,18,19). The average Bonchev–Trinajstić information content (AvgIpc) is 3.09. The molecule has 0 aromatic carbocycles. The highest BCUT2D eigenvalue weighted by Gasteiger charge is 2.22. The Balaban J connectivity index is 1.77. The van der Waals surface area contributed by atoms with E-state index in [-0.39, 0.29) is 5.69 Å². The summed E-state index contributed by atoms with van der Waals surface area (Å²) in [5.74, 6) is -1.09. The number of tetrazole rings is 1. The number of hydrogen-bond donors (Lipinski definition) is 1. The molecule has 9 heteroatoms. The molecule has 1 aliphatic rings. The van der Waals surface area contributed by atoms with Crippen molar-refractivity contribution in [3.8, 4) is 0 Å². The molecule has 0 bridgehead atoms. The molecule has 2 heterocycles. The van der Waals surface area contributed by atoms with Gasteiger partial charge in [-0.25, -0.2) is 19.4 Å². The minimum atomic E-state index is -1.09. The Kier molecular flexibility index (Phi) is 3.59. The molecule has 0 spiro atoms. The second-order valence-corrected chi connectivity index (χ2v) is 5.48. The summed E-state index contributed by atoms with van der Waals surface area (Å²) in [6.07, 6.45) is 7.21. The largest absolute Gasteiger partial charge is 0.476 e. The molecular formula is C11H12N6O2S. The molecule has 1 aliphatic carbocycles. The van der Waals surface area contributed by atoms with E-state index in [1.807, 2.05) is 4.68 Å². The fourth-order valence-electron chi connectivity index (χ4n) is 2.20. The van der Waals surface area contributed by atoms with E-state index in [1.165, 1.54) is 37.0 Å². The topological polar surface area (TPSA) is 107 Å². The van der Waals surface area contributed by atoms with Crippen LogP contribution in [0.3, 0.4) is 0 Å². The number of rotatable bonds is 4. The number of carboxylic acids is 1. The zero-order valence-electron chi connectivity index (χ0n) is 10.5. The van der Waals surface area contributed by atoms with Crippen molar-refractivity contribution in [3.63, 3.8) is 0 Å². The maximum Gasteiger partial charge on any atom is 0.356 e. The lowest BCUT2D eigenvalue weighted by Gasteiger charge is -2.10. The van der Waals surface area contributed by atoms with Gasteiger partial charge in [0.1, 0.15) is 5.03 Å². The van der Waals surface area contributed by atoms with Crippen molar-refractivity contribution in [2.45, 2.75) is 41.9 Å². The highest BCUT2D eigenvalue weighted by Crippen LogP contribution is 2.32. The predicted molar refractivity (Wildman–Crippen MR) is 68.4 cm³/mol. The molecule has 8 nitrogen and oxygen atoms in total. The Hall–Kier alpha value is -2.03. The molecule has 0 unspecified atom stereocenters. The van der Waals surface area contributed by atoms with E-state index in [4.69, 9.17) is 5.11 Å². The lowest BCUT2D eigenvalue weighted by Crippen LogP contribution is -2.08. The van der Waals surface area contributed by atoms with Gasteiger partial charge in [0, 0.05) is 0 Å². The molecule has 0 amide bonds. The molecule has 1 fully saturated rings. The number of carbonyl (C=O) groups is 1. The van der Waals surface area contributed by atoms with Crippen LogP contribution in [0.25, 0.3) is 0 Å². The van der Waals surface area contributed by atoms with E-state index < -0.39 is 5.97 Å². The van der Waals surface area contributed by atoms with Gasteiger partial charge < -0.3 is 5.11 Å². The molecule has 2 aromatic heterocycles. The summed E-state index contributed by atoms with van der Waals surface area (Å²) in [4.78, 5) is 18.6. The quantitative estimate of drug-likeness (QED) is 0.901. The van der Waals surface area contributed by atoms with Crippen molar-refractivity contribution in [1.82, 2.24) is 30.2 Å². The van der Waals surface area contributed by atoms with Gasteiger partial charge in [-0.2, -0.15) is 0 Å². The van der Waals surface area contributed by atoms with Gasteiger partial charge in [-0.1, -0.05) is 12.8 Å². The molecule has 2 aromatic rings. The third-order valence-electron chi connectivity index (χ3n) is 3.18. The number of carboxylic acid groups (broad SMARTS) is 1. The smallest absolute Gasteiger partial charge is 0.356 e. The molecule has 0 atom stereocenters. The Labute approximate surface area is 118 Å². The third-order valence-corrected chi connectivity index (χ3v) is 4.05. The predicted octanol–water partition coefficient (Wildman–Crippen LogP) is 1.43. The average molecular weight is 292 g/mol. The normalized spacial score (nSPS) is 15.6. The van der Waals surface area contributed by atoms with Crippen molar-refractivity contribution in [1.29, 1.82) is 0 Å². The van der Waals surface area contributed by atoms with Crippen molar-refractivity contribution >= 4 is 17.7 Å². The zero-order chi connectivity index (χ0) is 13.9. The molecular weight excluding hydrogens is 280 g/mol. The van der Waals surface area contributed by atoms with E-state index in [0.717, 1.165) is 12.8 Å². The Morgan fingerprint density at radius 3 is 2.75 bits per heavy atom. The Bertz CT molecular complexity index is 608. The second-order valence-electron chi connectivity index (χ2n) is 4.49. The fraction of sp³-hybridized carbons (Fsp3) is 0.455. The summed E-state index contributed by atoms with van der Waals surface area (Å²) in [5, 5.41) is 21.7. The van der Waals surface area contributed by atoms with Gasteiger partial charge in [0.2, 0.25) is 5.16 Å². The van der Waals surface area contributed by atoms with Crippen LogP contribution >= 0.6 is 11.8 Å². The number of aromatic nitrogens is 6. The zero-order valence-corrected chi connectivity index (χ0v) is 11.3. The van der Waals surface area contributed by atoms with Crippen LogP contribution < -0.4 is 0 Å². The summed E-state index contributed by atoms with van der Waals surface area (Å²) in [5.41, 5.74) is -0.0789. The van der Waals surface area contributed by atoms with E-state index in [2.05, 4.69) is 25.5 Å². The van der Waals surface area contributed by atoms with Gasteiger partial charge in [0.25, 0.3) is 0 Å². The second kappa shape index (κ2) is 5.53. The first-order valence-electron chi connectivity index (χ1n) is 6.25. The summed E-state index contributed by atoms with van der Waals surface area (Å²) in [6.45, 7) is 0. The highest BCUT2D eigenvalue weighted by atomic mass is 32.2. The molecule has 1 saturated carbocycles. The summed E-state index contributed by atoms with van der Waals surface area (Å²) >= 11 is 1.29. The van der Waals surface area contributed by atoms with Crippen LogP contribution in [0.15, 0.2) is 22.6 Å².